The van der Waals surface area contributed by atoms with Gasteiger partial charge >= 0.3 is 0 Å². The second-order valence-electron chi connectivity index (χ2n) is 12.1. The number of unbranched alkanes of at least 4 members (excludes halogenated alkanes) is 7. The minimum atomic E-state index is 0.521. The first kappa shape index (κ1) is 28.7. The molecule has 2 aliphatic carbocycles. The Bertz CT molecular complexity index is 618. The lowest BCUT2D eigenvalue weighted by atomic mass is 9.78. The highest BCUT2D eigenvalue weighted by Crippen LogP contribution is 2.36. The zero-order valence-corrected chi connectivity index (χ0v) is 23.6. The number of rotatable bonds is 17. The number of ether oxygens (including phenoxy) is 1. The molecular weight excluding hydrogens is 424 g/mol. The number of aryl methyl sites for hydroxylation is 1. The van der Waals surface area contributed by atoms with Crippen molar-refractivity contribution in [2.24, 2.45) is 11.8 Å². The van der Waals surface area contributed by atoms with Crippen molar-refractivity contribution in [1.82, 2.24) is 0 Å². The topological polar surface area (TPSA) is 9.23 Å². The summed E-state index contributed by atoms with van der Waals surface area (Å²) >= 11 is 0. The van der Waals surface area contributed by atoms with E-state index >= 15 is 0 Å². The van der Waals surface area contributed by atoms with Crippen LogP contribution in [0.15, 0.2) is 24.3 Å². The van der Waals surface area contributed by atoms with Crippen LogP contribution >= 0.6 is 0 Å². The second kappa shape index (κ2) is 17.6. The van der Waals surface area contributed by atoms with E-state index in [4.69, 9.17) is 4.74 Å². The zero-order valence-electron chi connectivity index (χ0n) is 23.6. The largest absolute Gasteiger partial charge is 0.378 e. The summed E-state index contributed by atoms with van der Waals surface area (Å²) in [4.78, 5) is 0. The Kier molecular flexibility index (Phi) is 14.5. The molecule has 200 valence electrons. The van der Waals surface area contributed by atoms with Crippen molar-refractivity contribution in [2.75, 3.05) is 6.61 Å². The molecule has 0 aromatic heterocycles. The highest BCUT2D eigenvalue weighted by Gasteiger charge is 2.24. The van der Waals surface area contributed by atoms with Crippen LogP contribution in [0.2, 0.25) is 0 Å². The molecule has 0 spiro atoms. The summed E-state index contributed by atoms with van der Waals surface area (Å²) in [5.74, 6) is 2.78. The van der Waals surface area contributed by atoms with Gasteiger partial charge in [-0.1, -0.05) is 122 Å². The van der Waals surface area contributed by atoms with Crippen LogP contribution in [0.3, 0.4) is 0 Å². The van der Waals surface area contributed by atoms with Crippen LogP contribution in [0.1, 0.15) is 159 Å². The van der Waals surface area contributed by atoms with Gasteiger partial charge < -0.3 is 4.74 Å². The van der Waals surface area contributed by atoms with E-state index in [1.165, 1.54) is 140 Å². The Balaban J connectivity index is 1.19. The molecule has 35 heavy (non-hydrogen) atoms. The maximum Gasteiger partial charge on any atom is 0.0575 e. The van der Waals surface area contributed by atoms with Crippen LogP contribution in [-0.4, -0.2) is 12.7 Å². The Labute approximate surface area is 219 Å². The SMILES string of the molecule is CCCCCCCCC1CCC(CCCOC2CCC(c3ccc(CCCCC)cc3)CC2)CC1. The van der Waals surface area contributed by atoms with Crippen molar-refractivity contribution in [3.63, 3.8) is 0 Å². The molecule has 0 aliphatic heterocycles. The van der Waals surface area contributed by atoms with E-state index in [1.807, 2.05) is 0 Å². The summed E-state index contributed by atoms with van der Waals surface area (Å²) < 4.78 is 6.35. The average Bonchev–Trinajstić information content (AvgIpc) is 2.90. The Morgan fingerprint density at radius 2 is 1.17 bits per heavy atom. The van der Waals surface area contributed by atoms with E-state index in [1.54, 1.807) is 5.56 Å². The summed E-state index contributed by atoms with van der Waals surface area (Å²) in [6.45, 7) is 5.59. The summed E-state index contributed by atoms with van der Waals surface area (Å²) in [6.07, 6.45) is 29.8. The molecule has 0 amide bonds. The fourth-order valence-electron chi connectivity index (χ4n) is 6.74. The molecule has 0 heterocycles. The van der Waals surface area contributed by atoms with Gasteiger partial charge in [-0.3, -0.25) is 0 Å². The molecule has 0 unspecified atom stereocenters. The Hall–Kier alpha value is -0.820. The number of benzene rings is 1. The van der Waals surface area contributed by atoms with Gasteiger partial charge in [-0.25, -0.2) is 0 Å². The van der Waals surface area contributed by atoms with Crippen LogP contribution < -0.4 is 0 Å². The molecule has 0 saturated heterocycles. The monoisotopic (exact) mass is 482 g/mol. The van der Waals surface area contributed by atoms with Crippen molar-refractivity contribution >= 4 is 0 Å². The van der Waals surface area contributed by atoms with Gasteiger partial charge in [0.2, 0.25) is 0 Å². The highest BCUT2D eigenvalue weighted by molar-refractivity contribution is 5.26. The Morgan fingerprint density at radius 1 is 0.600 bits per heavy atom. The van der Waals surface area contributed by atoms with Crippen LogP contribution in [0.4, 0.5) is 0 Å². The van der Waals surface area contributed by atoms with Gasteiger partial charge in [0.15, 0.2) is 0 Å². The molecule has 1 aromatic carbocycles. The predicted octanol–water partition coefficient (Wildman–Crippen LogP) is 10.8. The molecule has 2 aliphatic rings. The molecule has 2 fully saturated rings. The van der Waals surface area contributed by atoms with Gasteiger partial charge in [-0.2, -0.15) is 0 Å². The molecule has 1 aromatic rings. The zero-order chi connectivity index (χ0) is 24.6. The summed E-state index contributed by atoms with van der Waals surface area (Å²) in [5, 5.41) is 0. The number of hydrogen-bond donors (Lipinski definition) is 0. The molecule has 0 bridgehead atoms. The standard InChI is InChI=1S/C34H58O/c1-3-5-7-8-9-11-14-29-16-18-31(19-17-29)15-12-28-35-34-26-24-33(25-27-34)32-22-20-30(21-23-32)13-10-6-4-2/h20-23,29,31,33-34H,3-19,24-28H2,1-2H3. The van der Waals surface area contributed by atoms with Crippen LogP contribution in [0, 0.1) is 11.8 Å². The minimum Gasteiger partial charge on any atom is -0.378 e. The number of hydrogen-bond acceptors (Lipinski definition) is 1. The molecule has 0 radical (unpaired) electrons. The van der Waals surface area contributed by atoms with Crippen molar-refractivity contribution in [3.05, 3.63) is 35.4 Å². The first-order chi connectivity index (χ1) is 17.3. The lowest BCUT2D eigenvalue weighted by Crippen LogP contribution is -2.21. The van der Waals surface area contributed by atoms with Gasteiger partial charge in [0.1, 0.15) is 0 Å². The van der Waals surface area contributed by atoms with Gasteiger partial charge in [0.25, 0.3) is 0 Å². The van der Waals surface area contributed by atoms with Crippen molar-refractivity contribution in [1.29, 1.82) is 0 Å². The fourth-order valence-corrected chi connectivity index (χ4v) is 6.74. The molecule has 1 nitrogen and oxygen atoms in total. The smallest absolute Gasteiger partial charge is 0.0575 e. The van der Waals surface area contributed by atoms with Gasteiger partial charge in [-0.15, -0.1) is 0 Å². The summed E-state index contributed by atoms with van der Waals surface area (Å²) in [6, 6.07) is 9.59. The van der Waals surface area contributed by atoms with E-state index < -0.39 is 0 Å². The average molecular weight is 483 g/mol. The molecule has 2 saturated carbocycles. The van der Waals surface area contributed by atoms with Gasteiger partial charge in [-0.05, 0) is 80.2 Å². The third kappa shape index (κ3) is 11.4. The third-order valence-electron chi connectivity index (χ3n) is 9.24. The molecular formula is C34H58O. The van der Waals surface area contributed by atoms with E-state index in [0.29, 0.717) is 6.10 Å². The summed E-state index contributed by atoms with van der Waals surface area (Å²) in [5.41, 5.74) is 3.08. The second-order valence-corrected chi connectivity index (χ2v) is 12.1. The van der Waals surface area contributed by atoms with Gasteiger partial charge in [0, 0.05) is 6.61 Å². The highest BCUT2D eigenvalue weighted by atomic mass is 16.5. The van der Waals surface area contributed by atoms with Crippen LogP contribution in [0.5, 0.6) is 0 Å². The maximum atomic E-state index is 6.35. The van der Waals surface area contributed by atoms with Crippen molar-refractivity contribution < 1.29 is 4.74 Å². The van der Waals surface area contributed by atoms with E-state index in [0.717, 1.165) is 24.4 Å². The summed E-state index contributed by atoms with van der Waals surface area (Å²) in [7, 11) is 0. The lowest BCUT2D eigenvalue weighted by Gasteiger charge is -2.30. The first-order valence-electron chi connectivity index (χ1n) is 16.0. The van der Waals surface area contributed by atoms with Gasteiger partial charge in [0.05, 0.1) is 6.10 Å². The molecule has 3 rings (SSSR count). The first-order valence-corrected chi connectivity index (χ1v) is 16.0. The van der Waals surface area contributed by atoms with Crippen LogP contribution in [0.25, 0.3) is 0 Å². The molecule has 0 N–H and O–H groups in total. The van der Waals surface area contributed by atoms with Crippen molar-refractivity contribution in [2.45, 2.75) is 161 Å². The maximum absolute atomic E-state index is 6.35. The normalized spacial score (nSPS) is 25.1. The third-order valence-corrected chi connectivity index (χ3v) is 9.24. The van der Waals surface area contributed by atoms with Crippen molar-refractivity contribution in [3.8, 4) is 0 Å². The molecule has 0 atom stereocenters. The Morgan fingerprint density at radius 3 is 1.83 bits per heavy atom. The molecule has 1 heteroatoms. The minimum absolute atomic E-state index is 0.521. The van der Waals surface area contributed by atoms with E-state index in [2.05, 4.69) is 38.1 Å². The fraction of sp³-hybridized carbons (Fsp3) is 0.824. The lowest BCUT2D eigenvalue weighted by molar-refractivity contribution is 0.0204. The van der Waals surface area contributed by atoms with E-state index in [9.17, 15) is 0 Å². The predicted molar refractivity (Wildman–Crippen MR) is 153 cm³/mol. The quantitative estimate of drug-likeness (QED) is 0.201. The van der Waals surface area contributed by atoms with Crippen LogP contribution in [-0.2, 0) is 11.2 Å². The van der Waals surface area contributed by atoms with E-state index in [-0.39, 0.29) is 0 Å².